The summed E-state index contributed by atoms with van der Waals surface area (Å²) >= 11 is 0. The van der Waals surface area contributed by atoms with Crippen molar-refractivity contribution in [2.45, 2.75) is 45.2 Å². The standard InChI is InChI=1S/C11H21N3O4/c1-3-6(2)9(14)11(17)18-10(16)7(12)4-5-8(13)15/h6-7,9H,3-5,12,14H2,1-2H3,(H2,13,15). The molecular formula is C11H21N3O4. The van der Waals surface area contributed by atoms with Crippen LogP contribution in [0, 0.1) is 5.92 Å². The lowest BCUT2D eigenvalue weighted by Gasteiger charge is -2.17. The molecule has 0 aliphatic carbocycles. The van der Waals surface area contributed by atoms with Gasteiger partial charge in [-0.1, -0.05) is 20.3 Å². The number of primary amides is 1. The predicted molar refractivity (Wildman–Crippen MR) is 64.9 cm³/mol. The zero-order valence-electron chi connectivity index (χ0n) is 10.7. The number of nitrogens with two attached hydrogens (primary N) is 3. The number of ether oxygens (including phenoxy) is 1. The Hall–Kier alpha value is -1.47. The van der Waals surface area contributed by atoms with Gasteiger partial charge in [-0.3, -0.25) is 4.79 Å². The van der Waals surface area contributed by atoms with Crippen molar-refractivity contribution in [2.75, 3.05) is 0 Å². The summed E-state index contributed by atoms with van der Waals surface area (Å²) in [5.41, 5.74) is 16.0. The van der Waals surface area contributed by atoms with Gasteiger partial charge < -0.3 is 21.9 Å². The van der Waals surface area contributed by atoms with Crippen molar-refractivity contribution in [3.63, 3.8) is 0 Å². The number of rotatable bonds is 7. The van der Waals surface area contributed by atoms with E-state index in [1.54, 1.807) is 6.92 Å². The van der Waals surface area contributed by atoms with Crippen LogP contribution in [0.2, 0.25) is 0 Å². The van der Waals surface area contributed by atoms with Crippen molar-refractivity contribution in [1.82, 2.24) is 0 Å². The van der Waals surface area contributed by atoms with Gasteiger partial charge in [0.1, 0.15) is 12.1 Å². The number of carbonyl (C=O) groups is 3. The second-order valence-corrected chi connectivity index (χ2v) is 4.26. The van der Waals surface area contributed by atoms with E-state index in [1.165, 1.54) is 0 Å². The molecule has 3 unspecified atom stereocenters. The fourth-order valence-corrected chi connectivity index (χ4v) is 1.14. The van der Waals surface area contributed by atoms with Gasteiger partial charge in [-0.2, -0.15) is 0 Å². The van der Waals surface area contributed by atoms with E-state index in [1.807, 2.05) is 6.92 Å². The number of carbonyl (C=O) groups excluding carboxylic acids is 3. The van der Waals surface area contributed by atoms with Crippen LogP contribution in [0.4, 0.5) is 0 Å². The first-order valence-corrected chi connectivity index (χ1v) is 5.84. The second-order valence-electron chi connectivity index (χ2n) is 4.26. The molecule has 0 aromatic heterocycles. The van der Waals surface area contributed by atoms with E-state index in [0.717, 1.165) is 0 Å². The maximum atomic E-state index is 11.5. The van der Waals surface area contributed by atoms with Gasteiger partial charge in [0.05, 0.1) is 0 Å². The summed E-state index contributed by atoms with van der Waals surface area (Å²) in [6.45, 7) is 3.65. The van der Waals surface area contributed by atoms with Crippen LogP contribution in [0.1, 0.15) is 33.1 Å². The topological polar surface area (TPSA) is 138 Å². The first kappa shape index (κ1) is 16.5. The zero-order chi connectivity index (χ0) is 14.3. The average Bonchev–Trinajstić information content (AvgIpc) is 2.33. The monoisotopic (exact) mass is 259 g/mol. The van der Waals surface area contributed by atoms with Crippen LogP contribution in [0.15, 0.2) is 0 Å². The van der Waals surface area contributed by atoms with Crippen LogP contribution < -0.4 is 17.2 Å². The van der Waals surface area contributed by atoms with Crippen molar-refractivity contribution in [3.05, 3.63) is 0 Å². The van der Waals surface area contributed by atoms with Gasteiger partial charge in [0.2, 0.25) is 5.91 Å². The lowest BCUT2D eigenvalue weighted by molar-refractivity contribution is -0.162. The van der Waals surface area contributed by atoms with E-state index in [4.69, 9.17) is 17.2 Å². The van der Waals surface area contributed by atoms with E-state index in [9.17, 15) is 14.4 Å². The van der Waals surface area contributed by atoms with Gasteiger partial charge in [-0.05, 0) is 12.3 Å². The molecule has 7 heteroatoms. The lowest BCUT2D eigenvalue weighted by Crippen LogP contribution is -2.42. The van der Waals surface area contributed by atoms with Gasteiger partial charge in [0.25, 0.3) is 0 Å². The molecule has 0 heterocycles. The molecule has 0 saturated heterocycles. The molecule has 1 amide bonds. The van der Waals surface area contributed by atoms with E-state index >= 15 is 0 Å². The van der Waals surface area contributed by atoms with Crippen LogP contribution in [-0.2, 0) is 19.1 Å². The molecule has 0 aliphatic heterocycles. The zero-order valence-corrected chi connectivity index (χ0v) is 10.7. The maximum absolute atomic E-state index is 11.5. The molecule has 18 heavy (non-hydrogen) atoms. The second kappa shape index (κ2) is 7.78. The Morgan fingerprint density at radius 3 is 2.17 bits per heavy atom. The third-order valence-electron chi connectivity index (χ3n) is 2.73. The first-order chi connectivity index (χ1) is 8.29. The van der Waals surface area contributed by atoms with E-state index in [-0.39, 0.29) is 18.8 Å². The summed E-state index contributed by atoms with van der Waals surface area (Å²) in [4.78, 5) is 33.4. The summed E-state index contributed by atoms with van der Waals surface area (Å²) in [6, 6.07) is -1.91. The van der Waals surface area contributed by atoms with Crippen LogP contribution in [0.5, 0.6) is 0 Å². The smallest absolute Gasteiger partial charge is 0.330 e. The lowest BCUT2D eigenvalue weighted by atomic mass is 10.0. The summed E-state index contributed by atoms with van der Waals surface area (Å²) in [5, 5.41) is 0. The van der Waals surface area contributed by atoms with E-state index in [2.05, 4.69) is 4.74 Å². The molecule has 0 bridgehead atoms. The molecule has 0 fully saturated rings. The van der Waals surface area contributed by atoms with Crippen molar-refractivity contribution >= 4 is 17.8 Å². The van der Waals surface area contributed by atoms with E-state index < -0.39 is 29.9 Å². The van der Waals surface area contributed by atoms with Gasteiger partial charge in [-0.15, -0.1) is 0 Å². The Labute approximate surface area is 106 Å². The van der Waals surface area contributed by atoms with Crippen molar-refractivity contribution in [3.8, 4) is 0 Å². The van der Waals surface area contributed by atoms with E-state index in [0.29, 0.717) is 6.42 Å². The number of hydrogen-bond acceptors (Lipinski definition) is 6. The molecule has 0 radical (unpaired) electrons. The largest absolute Gasteiger partial charge is 0.391 e. The summed E-state index contributed by atoms with van der Waals surface area (Å²) in [6.07, 6.45) is 0.695. The Kier molecular flexibility index (Phi) is 7.14. The molecule has 3 atom stereocenters. The highest BCUT2D eigenvalue weighted by Crippen LogP contribution is 2.07. The Balaban J connectivity index is 4.22. The molecule has 104 valence electrons. The molecule has 7 nitrogen and oxygen atoms in total. The molecule has 0 aromatic carbocycles. The van der Waals surface area contributed by atoms with Crippen LogP contribution >= 0.6 is 0 Å². The molecule has 0 aromatic rings. The number of amides is 1. The van der Waals surface area contributed by atoms with Crippen LogP contribution in [0.25, 0.3) is 0 Å². The van der Waals surface area contributed by atoms with Crippen molar-refractivity contribution in [2.24, 2.45) is 23.1 Å². The molecule has 0 aliphatic rings. The third kappa shape index (κ3) is 5.74. The Morgan fingerprint density at radius 2 is 1.72 bits per heavy atom. The molecule has 0 rings (SSSR count). The quantitative estimate of drug-likeness (QED) is 0.397. The van der Waals surface area contributed by atoms with Gasteiger partial charge >= 0.3 is 11.9 Å². The van der Waals surface area contributed by atoms with Gasteiger partial charge in [-0.25, -0.2) is 9.59 Å². The van der Waals surface area contributed by atoms with Gasteiger partial charge in [0.15, 0.2) is 0 Å². The minimum Gasteiger partial charge on any atom is -0.391 e. The normalized spacial score (nSPS) is 15.6. The van der Waals surface area contributed by atoms with Crippen LogP contribution in [0.3, 0.4) is 0 Å². The predicted octanol–water partition coefficient (Wildman–Crippen LogP) is -0.978. The summed E-state index contributed by atoms with van der Waals surface area (Å²) < 4.78 is 4.55. The van der Waals surface area contributed by atoms with Gasteiger partial charge in [0, 0.05) is 6.42 Å². The highest BCUT2D eigenvalue weighted by molar-refractivity contribution is 5.91. The fourth-order valence-electron chi connectivity index (χ4n) is 1.14. The molecule has 0 spiro atoms. The minimum absolute atomic E-state index is 0.0398. The average molecular weight is 259 g/mol. The number of esters is 2. The highest BCUT2D eigenvalue weighted by atomic mass is 16.6. The van der Waals surface area contributed by atoms with Crippen molar-refractivity contribution < 1.29 is 19.1 Å². The SMILES string of the molecule is CCC(C)C(N)C(=O)OC(=O)C(N)CCC(N)=O. The Bertz CT molecular complexity index is 319. The summed E-state index contributed by atoms with van der Waals surface area (Å²) in [5.74, 6) is -2.35. The molecular weight excluding hydrogens is 238 g/mol. The number of hydrogen-bond donors (Lipinski definition) is 3. The summed E-state index contributed by atoms with van der Waals surface area (Å²) in [7, 11) is 0. The maximum Gasteiger partial charge on any atom is 0.330 e. The van der Waals surface area contributed by atoms with Crippen LogP contribution in [-0.4, -0.2) is 29.9 Å². The fraction of sp³-hybridized carbons (Fsp3) is 0.727. The van der Waals surface area contributed by atoms with Crippen molar-refractivity contribution in [1.29, 1.82) is 0 Å². The molecule has 0 saturated carbocycles. The first-order valence-electron chi connectivity index (χ1n) is 5.84. The minimum atomic E-state index is -1.05. The highest BCUT2D eigenvalue weighted by Gasteiger charge is 2.26. The molecule has 6 N–H and O–H groups in total. The third-order valence-corrected chi connectivity index (χ3v) is 2.73. The Morgan fingerprint density at radius 1 is 1.17 bits per heavy atom.